The molecule has 0 saturated heterocycles. The number of benzene rings is 3. The second-order valence-electron chi connectivity index (χ2n) is 10.1. The molecule has 0 amide bonds. The number of hydrogen-bond donors (Lipinski definition) is 0. The molecule has 0 aliphatic carbocycles. The van der Waals surface area contributed by atoms with Crippen LogP contribution < -0.4 is 4.74 Å². The molecule has 0 unspecified atom stereocenters. The first kappa shape index (κ1) is 30.5. The third-order valence-electron chi connectivity index (χ3n) is 6.99. The van der Waals surface area contributed by atoms with E-state index >= 15 is 0 Å². The monoisotopic (exact) mass is 536 g/mol. The van der Waals surface area contributed by atoms with Gasteiger partial charge >= 0.3 is 5.97 Å². The Balaban J connectivity index is 1.51. The van der Waals surface area contributed by atoms with Crippen LogP contribution in [0.25, 0.3) is 11.1 Å². The molecule has 39 heavy (non-hydrogen) atoms. The Bertz CT molecular complexity index is 1090. The minimum atomic E-state index is -2.53. The van der Waals surface area contributed by atoms with Crippen molar-refractivity contribution in [2.75, 3.05) is 13.2 Å². The molecule has 0 fully saturated rings. The Morgan fingerprint density at radius 3 is 1.92 bits per heavy atom. The zero-order valence-electron chi connectivity index (χ0n) is 23.3. The summed E-state index contributed by atoms with van der Waals surface area (Å²) < 4.78 is 38.0. The highest BCUT2D eigenvalue weighted by molar-refractivity contribution is 5.91. The Hall–Kier alpha value is -3.05. The molecule has 0 saturated carbocycles. The number of unbranched alkanes of at least 4 members (excludes halogenated alkanes) is 6. The fourth-order valence-corrected chi connectivity index (χ4v) is 4.49. The summed E-state index contributed by atoms with van der Waals surface area (Å²) in [5.41, 5.74) is 4.37. The summed E-state index contributed by atoms with van der Waals surface area (Å²) in [6, 6.07) is 22.2. The maximum absolute atomic E-state index is 13.5. The van der Waals surface area contributed by atoms with Gasteiger partial charge in [0.25, 0.3) is 0 Å². The van der Waals surface area contributed by atoms with E-state index in [-0.39, 0.29) is 6.61 Å². The number of carbonyl (C=O) groups is 1. The SMILES string of the molecule is CCCCCCCCc1ccc(-c2ccc(C(=O)Oc3ccc([C@H](COCCCC)C(F)F)cc3)cc2)cc1. The van der Waals surface area contributed by atoms with E-state index in [4.69, 9.17) is 9.47 Å². The molecule has 0 radical (unpaired) electrons. The van der Waals surface area contributed by atoms with E-state index in [9.17, 15) is 13.6 Å². The summed E-state index contributed by atoms with van der Waals surface area (Å²) in [6.07, 6.45) is 8.14. The lowest BCUT2D eigenvalue weighted by Gasteiger charge is -2.17. The largest absolute Gasteiger partial charge is 0.423 e. The number of rotatable bonds is 17. The number of aryl methyl sites for hydroxylation is 1. The summed E-state index contributed by atoms with van der Waals surface area (Å²) in [5.74, 6) is -1.19. The van der Waals surface area contributed by atoms with Crippen LogP contribution in [0.2, 0.25) is 0 Å². The van der Waals surface area contributed by atoms with Crippen molar-refractivity contribution in [2.45, 2.75) is 84.0 Å². The summed E-state index contributed by atoms with van der Waals surface area (Å²) in [6.45, 7) is 4.70. The van der Waals surface area contributed by atoms with Crippen LogP contribution in [0.5, 0.6) is 5.75 Å². The summed E-state index contributed by atoms with van der Waals surface area (Å²) in [7, 11) is 0. The van der Waals surface area contributed by atoms with Gasteiger partial charge in [-0.05, 0) is 65.8 Å². The first-order chi connectivity index (χ1) is 19.0. The molecule has 5 heteroatoms. The van der Waals surface area contributed by atoms with Crippen molar-refractivity contribution in [1.82, 2.24) is 0 Å². The molecule has 3 rings (SSSR count). The standard InChI is InChI=1S/C34H42F2O3/c1-3-5-7-8-9-10-11-26-12-14-27(15-13-26)28-16-18-30(19-17-28)34(37)39-31-22-20-29(21-23-31)32(33(35)36)25-38-24-6-4-2/h12-23,32-33H,3-11,24-25H2,1-2H3/t32-/m0/s1. The molecule has 1 atom stereocenters. The highest BCUT2D eigenvalue weighted by atomic mass is 19.3. The number of ether oxygens (including phenoxy) is 2. The molecule has 3 aromatic carbocycles. The average molecular weight is 537 g/mol. The highest BCUT2D eigenvalue weighted by Crippen LogP contribution is 2.27. The maximum atomic E-state index is 13.5. The molecule has 0 N–H and O–H groups in total. The molecule has 0 aromatic heterocycles. The van der Waals surface area contributed by atoms with Gasteiger partial charge < -0.3 is 9.47 Å². The van der Waals surface area contributed by atoms with Crippen LogP contribution >= 0.6 is 0 Å². The molecule has 0 spiro atoms. The third kappa shape index (κ3) is 10.2. The van der Waals surface area contributed by atoms with E-state index in [1.807, 2.05) is 19.1 Å². The van der Waals surface area contributed by atoms with Crippen LogP contribution in [0.4, 0.5) is 8.78 Å². The Morgan fingerprint density at radius 2 is 1.31 bits per heavy atom. The number of esters is 1. The van der Waals surface area contributed by atoms with Gasteiger partial charge in [0.1, 0.15) is 5.75 Å². The van der Waals surface area contributed by atoms with Crippen molar-refractivity contribution < 1.29 is 23.0 Å². The minimum absolute atomic E-state index is 0.0367. The van der Waals surface area contributed by atoms with E-state index in [2.05, 4.69) is 31.2 Å². The van der Waals surface area contributed by atoms with E-state index < -0.39 is 18.3 Å². The molecule has 0 heterocycles. The van der Waals surface area contributed by atoms with Crippen LogP contribution in [0.1, 0.15) is 92.6 Å². The van der Waals surface area contributed by atoms with Gasteiger partial charge in [0.05, 0.1) is 18.1 Å². The quantitative estimate of drug-likeness (QED) is 0.0979. The van der Waals surface area contributed by atoms with Gasteiger partial charge in [0.15, 0.2) is 0 Å². The van der Waals surface area contributed by atoms with Crippen molar-refractivity contribution in [3.05, 3.63) is 89.5 Å². The van der Waals surface area contributed by atoms with Gasteiger partial charge in [-0.3, -0.25) is 0 Å². The number of alkyl halides is 2. The molecule has 0 bridgehead atoms. The zero-order chi connectivity index (χ0) is 27.9. The maximum Gasteiger partial charge on any atom is 0.343 e. The van der Waals surface area contributed by atoms with Gasteiger partial charge in [-0.2, -0.15) is 0 Å². The fraction of sp³-hybridized carbons (Fsp3) is 0.441. The van der Waals surface area contributed by atoms with Gasteiger partial charge in [-0.25, -0.2) is 13.6 Å². The molecule has 210 valence electrons. The van der Waals surface area contributed by atoms with Crippen LogP contribution in [0, 0.1) is 0 Å². The molecule has 0 aliphatic rings. The first-order valence-corrected chi connectivity index (χ1v) is 14.4. The highest BCUT2D eigenvalue weighted by Gasteiger charge is 2.23. The van der Waals surface area contributed by atoms with Crippen LogP contribution in [-0.4, -0.2) is 25.6 Å². The second kappa shape index (κ2) is 16.8. The molecule has 3 nitrogen and oxygen atoms in total. The molecular weight excluding hydrogens is 494 g/mol. The third-order valence-corrected chi connectivity index (χ3v) is 6.99. The van der Waals surface area contributed by atoms with E-state index in [0.717, 1.165) is 30.4 Å². The predicted octanol–water partition coefficient (Wildman–Crippen LogP) is 9.64. The van der Waals surface area contributed by atoms with E-state index in [1.54, 1.807) is 36.4 Å². The van der Waals surface area contributed by atoms with Crippen molar-refractivity contribution in [3.8, 4) is 16.9 Å². The smallest absolute Gasteiger partial charge is 0.343 e. The molecule has 3 aromatic rings. The van der Waals surface area contributed by atoms with Gasteiger partial charge in [0, 0.05) is 6.61 Å². The summed E-state index contributed by atoms with van der Waals surface area (Å²) in [5, 5.41) is 0. The van der Waals surface area contributed by atoms with Gasteiger partial charge in [0.2, 0.25) is 6.43 Å². The Labute approximate surface area is 232 Å². The Kier molecular flexibility index (Phi) is 13.1. The lowest BCUT2D eigenvalue weighted by atomic mass is 10.00. The number of halogens is 2. The van der Waals surface area contributed by atoms with Crippen LogP contribution in [0.3, 0.4) is 0 Å². The second-order valence-corrected chi connectivity index (χ2v) is 10.1. The van der Waals surface area contributed by atoms with Crippen molar-refractivity contribution in [3.63, 3.8) is 0 Å². The summed E-state index contributed by atoms with van der Waals surface area (Å²) in [4.78, 5) is 12.7. The summed E-state index contributed by atoms with van der Waals surface area (Å²) >= 11 is 0. The predicted molar refractivity (Wildman–Crippen MR) is 155 cm³/mol. The Morgan fingerprint density at radius 1 is 0.718 bits per heavy atom. The lowest BCUT2D eigenvalue weighted by Crippen LogP contribution is -2.16. The van der Waals surface area contributed by atoms with Crippen molar-refractivity contribution >= 4 is 5.97 Å². The van der Waals surface area contributed by atoms with Crippen LogP contribution in [0.15, 0.2) is 72.8 Å². The van der Waals surface area contributed by atoms with E-state index in [1.165, 1.54) is 44.1 Å². The lowest BCUT2D eigenvalue weighted by molar-refractivity contribution is 0.0426. The zero-order valence-corrected chi connectivity index (χ0v) is 23.3. The molecule has 0 aliphatic heterocycles. The number of carbonyl (C=O) groups excluding carboxylic acids is 1. The van der Waals surface area contributed by atoms with Crippen LogP contribution in [-0.2, 0) is 11.2 Å². The fourth-order valence-electron chi connectivity index (χ4n) is 4.49. The van der Waals surface area contributed by atoms with Gasteiger partial charge in [-0.15, -0.1) is 0 Å². The molecular formula is C34H42F2O3. The normalized spacial score (nSPS) is 12.0. The van der Waals surface area contributed by atoms with Gasteiger partial charge in [-0.1, -0.05) is 101 Å². The number of hydrogen-bond acceptors (Lipinski definition) is 3. The first-order valence-electron chi connectivity index (χ1n) is 14.4. The van der Waals surface area contributed by atoms with Crippen molar-refractivity contribution in [1.29, 1.82) is 0 Å². The van der Waals surface area contributed by atoms with E-state index in [0.29, 0.717) is 23.5 Å². The minimum Gasteiger partial charge on any atom is -0.423 e. The average Bonchev–Trinajstić information content (AvgIpc) is 2.96. The topological polar surface area (TPSA) is 35.5 Å². The van der Waals surface area contributed by atoms with Crippen molar-refractivity contribution in [2.24, 2.45) is 0 Å².